The summed E-state index contributed by atoms with van der Waals surface area (Å²) in [6.45, 7) is 12.6. The van der Waals surface area contributed by atoms with Crippen molar-refractivity contribution in [1.29, 1.82) is 0 Å². The second-order valence-corrected chi connectivity index (χ2v) is 5.92. The molecule has 0 saturated carbocycles. The zero-order valence-corrected chi connectivity index (χ0v) is 13.6. The number of rotatable bonds is 9. The number of hydrogen-bond acceptors (Lipinski definition) is 3. The third-order valence-corrected chi connectivity index (χ3v) is 4.60. The van der Waals surface area contributed by atoms with Gasteiger partial charge in [0.15, 0.2) is 0 Å². The van der Waals surface area contributed by atoms with E-state index in [1.165, 1.54) is 0 Å². The average molecular weight is 283 g/mol. The number of amides is 1. The number of nitrogens with one attached hydrogen (secondary N) is 2. The Hall–Kier alpha value is -0.610. The van der Waals surface area contributed by atoms with Crippen molar-refractivity contribution in [2.75, 3.05) is 39.3 Å². The summed E-state index contributed by atoms with van der Waals surface area (Å²) in [5.74, 6) is 0.292. The standard InChI is InChI=1S/C16H33N3O/c1-4-8-16(9-12-17-13-10-16)15(20)18-11-7-14-19(5-2)6-3/h17H,4-14H2,1-3H3,(H,18,20). The largest absolute Gasteiger partial charge is 0.356 e. The van der Waals surface area contributed by atoms with Crippen LogP contribution in [0.1, 0.15) is 52.9 Å². The van der Waals surface area contributed by atoms with Crippen molar-refractivity contribution in [2.24, 2.45) is 5.41 Å². The summed E-state index contributed by atoms with van der Waals surface area (Å²) < 4.78 is 0. The molecule has 0 spiro atoms. The Balaban J connectivity index is 2.35. The molecule has 20 heavy (non-hydrogen) atoms. The molecule has 0 aromatic rings. The zero-order valence-electron chi connectivity index (χ0n) is 13.6. The SMILES string of the molecule is CCCC1(C(=O)NCCCN(CC)CC)CCNCC1. The highest BCUT2D eigenvalue weighted by molar-refractivity contribution is 5.82. The Morgan fingerprint density at radius 1 is 1.20 bits per heavy atom. The van der Waals surface area contributed by atoms with Gasteiger partial charge < -0.3 is 15.5 Å². The predicted molar refractivity (Wildman–Crippen MR) is 84.9 cm³/mol. The highest BCUT2D eigenvalue weighted by atomic mass is 16.2. The molecule has 2 N–H and O–H groups in total. The van der Waals surface area contributed by atoms with Gasteiger partial charge in [-0.2, -0.15) is 0 Å². The summed E-state index contributed by atoms with van der Waals surface area (Å²) in [4.78, 5) is 14.9. The first-order chi connectivity index (χ1) is 9.68. The van der Waals surface area contributed by atoms with Crippen molar-refractivity contribution in [3.63, 3.8) is 0 Å². The molecule has 1 amide bonds. The maximum absolute atomic E-state index is 12.5. The number of piperidine rings is 1. The van der Waals surface area contributed by atoms with Crippen LogP contribution in [0.4, 0.5) is 0 Å². The van der Waals surface area contributed by atoms with E-state index in [0.717, 1.165) is 71.4 Å². The maximum atomic E-state index is 12.5. The van der Waals surface area contributed by atoms with Gasteiger partial charge in [0.2, 0.25) is 5.91 Å². The second-order valence-electron chi connectivity index (χ2n) is 5.92. The lowest BCUT2D eigenvalue weighted by atomic mass is 9.74. The Morgan fingerprint density at radius 2 is 1.85 bits per heavy atom. The van der Waals surface area contributed by atoms with Gasteiger partial charge in [0, 0.05) is 6.54 Å². The number of nitrogens with zero attached hydrogens (tertiary/aromatic N) is 1. The lowest BCUT2D eigenvalue weighted by molar-refractivity contribution is -0.133. The summed E-state index contributed by atoms with van der Waals surface area (Å²) in [6.07, 6.45) is 5.14. The number of carbonyl (C=O) groups excluding carboxylic acids is 1. The molecule has 0 aliphatic carbocycles. The molecule has 1 fully saturated rings. The van der Waals surface area contributed by atoms with E-state index in [9.17, 15) is 4.79 Å². The Bertz CT molecular complexity index is 265. The summed E-state index contributed by atoms with van der Waals surface area (Å²) in [5.41, 5.74) is -0.102. The van der Waals surface area contributed by atoms with Crippen LogP contribution >= 0.6 is 0 Å². The zero-order chi connectivity index (χ0) is 14.8. The van der Waals surface area contributed by atoms with Crippen LogP contribution in [-0.2, 0) is 4.79 Å². The van der Waals surface area contributed by atoms with Gasteiger partial charge in [-0.25, -0.2) is 0 Å². The van der Waals surface area contributed by atoms with Gasteiger partial charge in [0.1, 0.15) is 0 Å². The minimum atomic E-state index is -0.102. The van der Waals surface area contributed by atoms with E-state index >= 15 is 0 Å². The van der Waals surface area contributed by atoms with Crippen LogP contribution in [0.5, 0.6) is 0 Å². The van der Waals surface area contributed by atoms with E-state index in [4.69, 9.17) is 0 Å². The molecule has 1 saturated heterocycles. The molecule has 1 aliphatic rings. The van der Waals surface area contributed by atoms with Crippen LogP contribution in [0.25, 0.3) is 0 Å². The molecule has 4 heteroatoms. The minimum Gasteiger partial charge on any atom is -0.356 e. The Morgan fingerprint density at radius 3 is 2.40 bits per heavy atom. The second kappa shape index (κ2) is 9.35. The van der Waals surface area contributed by atoms with E-state index < -0.39 is 0 Å². The average Bonchev–Trinajstić information content (AvgIpc) is 2.48. The van der Waals surface area contributed by atoms with E-state index in [1.807, 2.05) is 0 Å². The van der Waals surface area contributed by atoms with Gasteiger partial charge in [0.25, 0.3) is 0 Å². The van der Waals surface area contributed by atoms with Crippen molar-refractivity contribution in [3.05, 3.63) is 0 Å². The van der Waals surface area contributed by atoms with Crippen LogP contribution in [0.3, 0.4) is 0 Å². The van der Waals surface area contributed by atoms with Crippen molar-refractivity contribution < 1.29 is 4.79 Å². The van der Waals surface area contributed by atoms with Crippen molar-refractivity contribution in [3.8, 4) is 0 Å². The van der Waals surface area contributed by atoms with Crippen LogP contribution in [0.15, 0.2) is 0 Å². The molecule has 1 heterocycles. The van der Waals surface area contributed by atoms with Crippen molar-refractivity contribution in [2.45, 2.75) is 52.9 Å². The third kappa shape index (κ3) is 5.06. The fourth-order valence-electron chi connectivity index (χ4n) is 3.21. The molecule has 4 nitrogen and oxygen atoms in total. The quantitative estimate of drug-likeness (QED) is 0.636. The summed E-state index contributed by atoms with van der Waals surface area (Å²) in [7, 11) is 0. The Labute approximate surface area is 124 Å². The number of hydrogen-bond donors (Lipinski definition) is 2. The first-order valence-corrected chi connectivity index (χ1v) is 8.40. The monoisotopic (exact) mass is 283 g/mol. The van der Waals surface area contributed by atoms with E-state index in [1.54, 1.807) is 0 Å². The summed E-state index contributed by atoms with van der Waals surface area (Å²) >= 11 is 0. The molecule has 0 bridgehead atoms. The van der Waals surface area contributed by atoms with Gasteiger partial charge in [-0.05, 0) is 58.4 Å². The summed E-state index contributed by atoms with van der Waals surface area (Å²) in [5, 5.41) is 6.55. The van der Waals surface area contributed by atoms with E-state index in [0.29, 0.717) is 5.91 Å². The maximum Gasteiger partial charge on any atom is 0.226 e. The smallest absolute Gasteiger partial charge is 0.226 e. The predicted octanol–water partition coefficient (Wildman–Crippen LogP) is 2.00. The molecule has 0 unspecified atom stereocenters. The molecule has 1 aliphatic heterocycles. The highest BCUT2D eigenvalue weighted by Crippen LogP contribution is 2.34. The molecule has 1 rings (SSSR count). The van der Waals surface area contributed by atoms with Gasteiger partial charge in [-0.1, -0.05) is 27.2 Å². The molecule has 0 aromatic heterocycles. The van der Waals surface area contributed by atoms with Crippen LogP contribution in [0, 0.1) is 5.41 Å². The molecular weight excluding hydrogens is 250 g/mol. The summed E-state index contributed by atoms with van der Waals surface area (Å²) in [6, 6.07) is 0. The lowest BCUT2D eigenvalue weighted by Gasteiger charge is -2.36. The van der Waals surface area contributed by atoms with E-state index in [2.05, 4.69) is 36.3 Å². The van der Waals surface area contributed by atoms with Gasteiger partial charge in [-0.3, -0.25) is 4.79 Å². The topological polar surface area (TPSA) is 44.4 Å². The highest BCUT2D eigenvalue weighted by Gasteiger charge is 2.38. The van der Waals surface area contributed by atoms with Crippen LogP contribution in [0.2, 0.25) is 0 Å². The van der Waals surface area contributed by atoms with Crippen LogP contribution in [-0.4, -0.2) is 50.1 Å². The fourth-order valence-corrected chi connectivity index (χ4v) is 3.21. The number of carbonyl (C=O) groups is 1. The molecular formula is C16H33N3O. The first kappa shape index (κ1) is 17.4. The molecule has 0 radical (unpaired) electrons. The van der Waals surface area contributed by atoms with Gasteiger partial charge in [0.05, 0.1) is 5.41 Å². The van der Waals surface area contributed by atoms with E-state index in [-0.39, 0.29) is 5.41 Å². The normalized spacial score (nSPS) is 18.2. The van der Waals surface area contributed by atoms with Gasteiger partial charge in [-0.15, -0.1) is 0 Å². The van der Waals surface area contributed by atoms with Crippen molar-refractivity contribution >= 4 is 5.91 Å². The molecule has 0 aromatic carbocycles. The fraction of sp³-hybridized carbons (Fsp3) is 0.938. The molecule has 118 valence electrons. The Kier molecular flexibility index (Phi) is 8.15. The molecule has 0 atom stereocenters. The van der Waals surface area contributed by atoms with Crippen LogP contribution < -0.4 is 10.6 Å². The minimum absolute atomic E-state index is 0.102. The third-order valence-electron chi connectivity index (χ3n) is 4.60. The van der Waals surface area contributed by atoms with Crippen molar-refractivity contribution in [1.82, 2.24) is 15.5 Å². The van der Waals surface area contributed by atoms with Gasteiger partial charge >= 0.3 is 0 Å². The first-order valence-electron chi connectivity index (χ1n) is 8.40. The lowest BCUT2D eigenvalue weighted by Crippen LogP contribution is -2.48.